The number of aromatic nitrogens is 2. The van der Waals surface area contributed by atoms with Crippen LogP contribution in [0.1, 0.15) is 5.82 Å². The van der Waals surface area contributed by atoms with E-state index >= 15 is 0 Å². The van der Waals surface area contributed by atoms with Crippen molar-refractivity contribution in [2.24, 2.45) is 0 Å². The second kappa shape index (κ2) is 3.95. The lowest BCUT2D eigenvalue weighted by Crippen LogP contribution is -1.97. The van der Waals surface area contributed by atoms with E-state index in [1.165, 1.54) is 0 Å². The Kier molecular flexibility index (Phi) is 2.64. The highest BCUT2D eigenvalue weighted by molar-refractivity contribution is 6.29. The molecule has 76 valence electrons. The Labute approximate surface area is 91.8 Å². The summed E-state index contributed by atoms with van der Waals surface area (Å²) in [5.74, 6) is -0.117. The summed E-state index contributed by atoms with van der Waals surface area (Å²) < 4.78 is 13.6. The lowest BCUT2D eigenvalue weighted by molar-refractivity contribution is 0.616. The van der Waals surface area contributed by atoms with Gasteiger partial charge in [0.1, 0.15) is 11.5 Å². The SMILES string of the molecule is Cc1nc(Cl)c(F)c(-c2ccccc2)n1. The summed E-state index contributed by atoms with van der Waals surface area (Å²) in [5, 5.41) is -0.138. The molecule has 0 saturated heterocycles. The van der Waals surface area contributed by atoms with Gasteiger partial charge in [-0.15, -0.1) is 0 Å². The Bertz CT molecular complexity index is 485. The zero-order valence-electron chi connectivity index (χ0n) is 8.04. The number of benzene rings is 1. The van der Waals surface area contributed by atoms with Crippen LogP contribution in [0.5, 0.6) is 0 Å². The summed E-state index contributed by atoms with van der Waals surface area (Å²) in [7, 11) is 0. The molecule has 15 heavy (non-hydrogen) atoms. The molecule has 1 heterocycles. The average molecular weight is 223 g/mol. The minimum Gasteiger partial charge on any atom is -0.230 e. The van der Waals surface area contributed by atoms with Crippen LogP contribution in [-0.2, 0) is 0 Å². The lowest BCUT2D eigenvalue weighted by atomic mass is 10.1. The average Bonchev–Trinajstić information content (AvgIpc) is 2.24. The standard InChI is InChI=1S/C11H8ClFN2/c1-7-14-10(9(13)11(12)15-7)8-5-3-2-4-6-8/h2-6H,1H3. The van der Waals surface area contributed by atoms with E-state index in [0.29, 0.717) is 11.4 Å². The molecule has 0 aliphatic heterocycles. The van der Waals surface area contributed by atoms with Crippen LogP contribution in [0.15, 0.2) is 30.3 Å². The quantitative estimate of drug-likeness (QED) is 0.693. The molecule has 0 atom stereocenters. The number of hydrogen-bond donors (Lipinski definition) is 0. The van der Waals surface area contributed by atoms with Crippen molar-refractivity contribution >= 4 is 11.6 Å². The van der Waals surface area contributed by atoms with E-state index in [1.807, 2.05) is 18.2 Å². The monoisotopic (exact) mass is 222 g/mol. The first kappa shape index (κ1) is 10.1. The second-order valence-electron chi connectivity index (χ2n) is 3.09. The molecular weight excluding hydrogens is 215 g/mol. The fraction of sp³-hybridized carbons (Fsp3) is 0.0909. The summed E-state index contributed by atoms with van der Waals surface area (Å²) in [5.41, 5.74) is 0.940. The van der Waals surface area contributed by atoms with Gasteiger partial charge < -0.3 is 0 Å². The van der Waals surface area contributed by atoms with Gasteiger partial charge in [-0.2, -0.15) is 0 Å². The van der Waals surface area contributed by atoms with Crippen molar-refractivity contribution < 1.29 is 4.39 Å². The number of nitrogens with zero attached hydrogens (tertiary/aromatic N) is 2. The third-order valence-corrected chi connectivity index (χ3v) is 2.22. The number of aryl methyl sites for hydroxylation is 1. The molecule has 1 aromatic heterocycles. The first-order valence-corrected chi connectivity index (χ1v) is 4.81. The van der Waals surface area contributed by atoms with Gasteiger partial charge in [-0.1, -0.05) is 41.9 Å². The Morgan fingerprint density at radius 1 is 1.13 bits per heavy atom. The van der Waals surface area contributed by atoms with Crippen LogP contribution in [0.3, 0.4) is 0 Å². The van der Waals surface area contributed by atoms with Gasteiger partial charge in [0.25, 0.3) is 0 Å². The zero-order valence-corrected chi connectivity index (χ0v) is 8.79. The Hall–Kier alpha value is -1.48. The van der Waals surface area contributed by atoms with Gasteiger partial charge in [0.2, 0.25) is 0 Å². The predicted molar refractivity (Wildman–Crippen MR) is 57.2 cm³/mol. The van der Waals surface area contributed by atoms with E-state index in [2.05, 4.69) is 9.97 Å². The topological polar surface area (TPSA) is 25.8 Å². The Balaban J connectivity index is 2.63. The highest BCUT2D eigenvalue weighted by atomic mass is 35.5. The van der Waals surface area contributed by atoms with E-state index in [4.69, 9.17) is 11.6 Å². The molecule has 2 aromatic rings. The number of rotatable bonds is 1. The van der Waals surface area contributed by atoms with E-state index in [9.17, 15) is 4.39 Å². The van der Waals surface area contributed by atoms with Crippen molar-refractivity contribution in [1.29, 1.82) is 0 Å². The maximum atomic E-state index is 13.6. The van der Waals surface area contributed by atoms with Crippen LogP contribution < -0.4 is 0 Å². The highest BCUT2D eigenvalue weighted by Crippen LogP contribution is 2.24. The minimum absolute atomic E-state index is 0.138. The fourth-order valence-electron chi connectivity index (χ4n) is 1.31. The molecule has 0 spiro atoms. The Morgan fingerprint density at radius 3 is 2.47 bits per heavy atom. The second-order valence-corrected chi connectivity index (χ2v) is 3.45. The van der Waals surface area contributed by atoms with Gasteiger partial charge in [0, 0.05) is 5.56 Å². The molecule has 0 aliphatic carbocycles. The minimum atomic E-state index is -0.575. The van der Waals surface area contributed by atoms with Crippen molar-refractivity contribution in [2.45, 2.75) is 6.92 Å². The van der Waals surface area contributed by atoms with Crippen LogP contribution >= 0.6 is 11.6 Å². The zero-order chi connectivity index (χ0) is 10.8. The summed E-state index contributed by atoms with van der Waals surface area (Å²) in [6.45, 7) is 1.68. The molecular formula is C11H8ClFN2. The van der Waals surface area contributed by atoms with Crippen molar-refractivity contribution in [3.05, 3.63) is 47.1 Å². The van der Waals surface area contributed by atoms with Crippen molar-refractivity contribution in [1.82, 2.24) is 9.97 Å². The van der Waals surface area contributed by atoms with Gasteiger partial charge in [-0.25, -0.2) is 14.4 Å². The number of halogens is 2. The molecule has 0 aliphatic rings. The molecule has 0 saturated carbocycles. The fourth-order valence-corrected chi connectivity index (χ4v) is 1.52. The van der Waals surface area contributed by atoms with Gasteiger partial charge in [0.05, 0.1) is 0 Å². The van der Waals surface area contributed by atoms with Gasteiger partial charge >= 0.3 is 0 Å². The van der Waals surface area contributed by atoms with Gasteiger partial charge in [-0.05, 0) is 6.92 Å². The maximum absolute atomic E-state index is 13.6. The molecule has 4 heteroatoms. The van der Waals surface area contributed by atoms with Crippen molar-refractivity contribution in [3.63, 3.8) is 0 Å². The van der Waals surface area contributed by atoms with Crippen molar-refractivity contribution in [2.75, 3.05) is 0 Å². The molecule has 2 nitrogen and oxygen atoms in total. The van der Waals surface area contributed by atoms with Gasteiger partial charge in [0.15, 0.2) is 11.0 Å². The molecule has 0 radical (unpaired) electrons. The molecule has 0 amide bonds. The summed E-state index contributed by atoms with van der Waals surface area (Å²) in [4.78, 5) is 7.77. The van der Waals surface area contributed by atoms with E-state index in [-0.39, 0.29) is 10.8 Å². The third kappa shape index (κ3) is 1.97. The molecule has 0 N–H and O–H groups in total. The van der Waals surface area contributed by atoms with Crippen LogP contribution in [-0.4, -0.2) is 9.97 Å². The van der Waals surface area contributed by atoms with Crippen LogP contribution in [0.2, 0.25) is 5.15 Å². The molecule has 1 aromatic carbocycles. The van der Waals surface area contributed by atoms with Crippen molar-refractivity contribution in [3.8, 4) is 11.3 Å². The van der Waals surface area contributed by atoms with Crippen LogP contribution in [0.25, 0.3) is 11.3 Å². The smallest absolute Gasteiger partial charge is 0.186 e. The first-order valence-electron chi connectivity index (χ1n) is 4.43. The van der Waals surface area contributed by atoms with E-state index in [1.54, 1.807) is 19.1 Å². The van der Waals surface area contributed by atoms with E-state index in [0.717, 1.165) is 0 Å². The molecule has 0 unspecified atom stereocenters. The third-order valence-electron chi connectivity index (χ3n) is 1.97. The predicted octanol–water partition coefficient (Wildman–Crippen LogP) is 3.24. The molecule has 0 fully saturated rings. The van der Waals surface area contributed by atoms with Crippen LogP contribution in [0, 0.1) is 12.7 Å². The first-order chi connectivity index (χ1) is 7.18. The molecule has 0 bridgehead atoms. The van der Waals surface area contributed by atoms with Crippen LogP contribution in [0.4, 0.5) is 4.39 Å². The molecule has 2 rings (SSSR count). The largest absolute Gasteiger partial charge is 0.230 e. The number of hydrogen-bond acceptors (Lipinski definition) is 2. The summed E-state index contributed by atoms with van der Waals surface area (Å²) in [6.07, 6.45) is 0. The lowest BCUT2D eigenvalue weighted by Gasteiger charge is -2.04. The van der Waals surface area contributed by atoms with E-state index < -0.39 is 5.82 Å². The Morgan fingerprint density at radius 2 is 1.80 bits per heavy atom. The summed E-state index contributed by atoms with van der Waals surface area (Å²) in [6, 6.07) is 9.06. The van der Waals surface area contributed by atoms with Gasteiger partial charge in [-0.3, -0.25) is 0 Å². The highest BCUT2D eigenvalue weighted by Gasteiger charge is 2.12. The maximum Gasteiger partial charge on any atom is 0.186 e. The normalized spacial score (nSPS) is 10.3. The summed E-state index contributed by atoms with van der Waals surface area (Å²) >= 11 is 5.64.